The Labute approximate surface area is 182 Å². The first kappa shape index (κ1) is 19.2. The van der Waals surface area contributed by atoms with Gasteiger partial charge in [0.1, 0.15) is 5.02 Å². The largest absolute Gasteiger partial charge is 0.302 e. The van der Waals surface area contributed by atoms with Crippen LogP contribution in [0.3, 0.4) is 0 Å². The van der Waals surface area contributed by atoms with Crippen molar-refractivity contribution in [1.82, 2.24) is 24.4 Å². The zero-order valence-electron chi connectivity index (χ0n) is 13.9. The van der Waals surface area contributed by atoms with Gasteiger partial charge in [-0.05, 0) is 39.7 Å². The van der Waals surface area contributed by atoms with Crippen LogP contribution in [0.1, 0.15) is 16.1 Å². The molecule has 0 saturated heterocycles. The summed E-state index contributed by atoms with van der Waals surface area (Å²) in [5.74, 6) is -0.247. The van der Waals surface area contributed by atoms with E-state index in [1.165, 1.54) is 4.52 Å². The minimum absolute atomic E-state index is 0.171. The molecule has 3 aromatic heterocycles. The second-order valence-electron chi connectivity index (χ2n) is 5.76. The molecule has 0 aliphatic heterocycles. The maximum absolute atomic E-state index is 12.6. The predicted octanol–water partition coefficient (Wildman–Crippen LogP) is 4.95. The van der Waals surface area contributed by atoms with E-state index in [9.17, 15) is 4.79 Å². The molecule has 0 radical (unpaired) electrons. The van der Waals surface area contributed by atoms with Crippen LogP contribution >= 0.6 is 50.7 Å². The van der Waals surface area contributed by atoms with E-state index < -0.39 is 5.91 Å². The van der Waals surface area contributed by atoms with Crippen LogP contribution in [0.4, 0.5) is 5.82 Å². The van der Waals surface area contributed by atoms with Gasteiger partial charge in [0, 0.05) is 28.6 Å². The van der Waals surface area contributed by atoms with Gasteiger partial charge in [-0.25, -0.2) is 9.50 Å². The second kappa shape index (κ2) is 7.71. The lowest BCUT2D eigenvalue weighted by atomic mass is 10.2. The number of carbonyl (C=O) groups excluding carboxylic acids is 1. The molecule has 0 aliphatic rings. The Hall–Kier alpha value is -2.13. The molecular formula is C17H10BrCl3N6O. The van der Waals surface area contributed by atoms with Crippen molar-refractivity contribution < 1.29 is 4.79 Å². The summed E-state index contributed by atoms with van der Waals surface area (Å²) in [5.41, 5.74) is 1.52. The van der Waals surface area contributed by atoms with Gasteiger partial charge in [0.05, 0.1) is 11.0 Å². The number of anilines is 1. The number of hydrogen-bond donors (Lipinski definition) is 1. The zero-order valence-corrected chi connectivity index (χ0v) is 17.8. The van der Waals surface area contributed by atoms with Gasteiger partial charge in [-0.15, -0.1) is 0 Å². The van der Waals surface area contributed by atoms with Gasteiger partial charge in [0.2, 0.25) is 0 Å². The van der Waals surface area contributed by atoms with Gasteiger partial charge >= 0.3 is 0 Å². The van der Waals surface area contributed by atoms with E-state index in [1.807, 2.05) is 0 Å². The number of carbonyl (C=O) groups is 1. The minimum Gasteiger partial charge on any atom is -0.302 e. The van der Waals surface area contributed by atoms with Gasteiger partial charge in [-0.1, -0.05) is 40.9 Å². The number of amides is 1. The number of aromatic nitrogens is 5. The molecule has 1 amide bonds. The molecule has 7 nitrogen and oxygen atoms in total. The standard InChI is InChI=1S/C17H10BrCl3N6O/c18-13-14(24-27-5-1-4-22-16(13)27)17(28)23-15-12(21)8-26(25-15)7-9-2-3-10(19)6-11(9)20/h1-6,8H,7H2,(H,23,25,28). The number of nitrogens with zero attached hydrogens (tertiary/aromatic N) is 5. The van der Waals surface area contributed by atoms with Gasteiger partial charge < -0.3 is 5.32 Å². The fraction of sp³-hybridized carbons (Fsp3) is 0.0588. The summed E-state index contributed by atoms with van der Waals surface area (Å²) < 4.78 is 3.56. The highest BCUT2D eigenvalue weighted by Crippen LogP contribution is 2.26. The Kier molecular flexibility index (Phi) is 5.29. The number of benzene rings is 1. The SMILES string of the molecule is O=C(Nc1nn(Cc2ccc(Cl)cc2Cl)cc1Cl)c1nn2cccnc2c1Br. The molecule has 11 heteroatoms. The Morgan fingerprint density at radius 3 is 2.75 bits per heavy atom. The lowest BCUT2D eigenvalue weighted by Gasteiger charge is -2.05. The van der Waals surface area contributed by atoms with Crippen LogP contribution in [0.15, 0.2) is 47.3 Å². The average Bonchev–Trinajstić information content (AvgIpc) is 3.18. The van der Waals surface area contributed by atoms with E-state index in [1.54, 1.807) is 47.5 Å². The van der Waals surface area contributed by atoms with Crippen molar-refractivity contribution in [3.63, 3.8) is 0 Å². The molecule has 0 aliphatic carbocycles. The van der Waals surface area contributed by atoms with Crippen LogP contribution in [-0.2, 0) is 6.54 Å². The lowest BCUT2D eigenvalue weighted by Crippen LogP contribution is -2.14. The van der Waals surface area contributed by atoms with Crippen LogP contribution in [-0.4, -0.2) is 30.3 Å². The molecule has 0 spiro atoms. The quantitative estimate of drug-likeness (QED) is 0.430. The smallest absolute Gasteiger partial charge is 0.278 e. The summed E-state index contributed by atoms with van der Waals surface area (Å²) in [7, 11) is 0. The summed E-state index contributed by atoms with van der Waals surface area (Å²) >= 11 is 21.7. The van der Waals surface area contributed by atoms with Crippen molar-refractivity contribution in [2.75, 3.05) is 5.32 Å². The summed E-state index contributed by atoms with van der Waals surface area (Å²) in [6, 6.07) is 6.92. The molecule has 4 aromatic rings. The molecule has 1 N–H and O–H groups in total. The number of hydrogen-bond acceptors (Lipinski definition) is 4. The first-order chi connectivity index (χ1) is 13.4. The molecular weight excluding hydrogens is 490 g/mol. The van der Waals surface area contributed by atoms with Crippen molar-refractivity contribution in [2.45, 2.75) is 6.54 Å². The van der Waals surface area contributed by atoms with E-state index in [0.717, 1.165) is 5.56 Å². The molecule has 4 rings (SSSR count). The Morgan fingerprint density at radius 1 is 1.18 bits per heavy atom. The van der Waals surface area contributed by atoms with Crippen LogP contribution in [0.2, 0.25) is 15.1 Å². The molecule has 0 unspecified atom stereocenters. The molecule has 0 fully saturated rings. The fourth-order valence-electron chi connectivity index (χ4n) is 2.56. The highest BCUT2D eigenvalue weighted by molar-refractivity contribution is 9.10. The lowest BCUT2D eigenvalue weighted by molar-refractivity contribution is 0.102. The predicted molar refractivity (Wildman–Crippen MR) is 111 cm³/mol. The third-order valence-corrected chi connectivity index (χ3v) is 5.44. The Balaban J connectivity index is 1.56. The normalized spacial score (nSPS) is 11.1. The van der Waals surface area contributed by atoms with Gasteiger partial charge in [0.15, 0.2) is 17.2 Å². The van der Waals surface area contributed by atoms with Crippen molar-refractivity contribution in [3.8, 4) is 0 Å². The van der Waals surface area contributed by atoms with E-state index in [4.69, 9.17) is 34.8 Å². The Morgan fingerprint density at radius 2 is 2.00 bits per heavy atom. The summed E-state index contributed by atoms with van der Waals surface area (Å²) in [4.78, 5) is 16.8. The summed E-state index contributed by atoms with van der Waals surface area (Å²) in [5, 5.41) is 12.6. The van der Waals surface area contributed by atoms with E-state index >= 15 is 0 Å². The monoisotopic (exact) mass is 498 g/mol. The number of nitrogens with one attached hydrogen (secondary N) is 1. The first-order valence-corrected chi connectivity index (χ1v) is 9.82. The molecule has 1 aromatic carbocycles. The maximum Gasteiger partial charge on any atom is 0.278 e. The minimum atomic E-state index is -0.464. The highest BCUT2D eigenvalue weighted by atomic mass is 79.9. The average molecular weight is 501 g/mol. The van der Waals surface area contributed by atoms with Crippen molar-refractivity contribution in [1.29, 1.82) is 0 Å². The molecule has 142 valence electrons. The third kappa shape index (κ3) is 3.73. The van der Waals surface area contributed by atoms with Crippen LogP contribution < -0.4 is 5.32 Å². The molecule has 0 bridgehead atoms. The second-order valence-corrected chi connectivity index (χ2v) is 7.81. The number of rotatable bonds is 4. The van der Waals surface area contributed by atoms with Crippen LogP contribution in [0.25, 0.3) is 5.65 Å². The summed E-state index contributed by atoms with van der Waals surface area (Å²) in [6.07, 6.45) is 4.91. The van der Waals surface area contributed by atoms with E-state index in [0.29, 0.717) is 26.7 Å². The fourth-order valence-corrected chi connectivity index (χ4v) is 3.77. The van der Waals surface area contributed by atoms with Crippen molar-refractivity contribution >= 4 is 68.1 Å². The van der Waals surface area contributed by atoms with E-state index in [-0.39, 0.29) is 16.5 Å². The van der Waals surface area contributed by atoms with Gasteiger partial charge in [-0.2, -0.15) is 10.2 Å². The zero-order chi connectivity index (χ0) is 19.8. The molecule has 28 heavy (non-hydrogen) atoms. The van der Waals surface area contributed by atoms with Crippen LogP contribution in [0, 0.1) is 0 Å². The Bertz CT molecular complexity index is 1210. The maximum atomic E-state index is 12.6. The molecule has 0 atom stereocenters. The topological polar surface area (TPSA) is 77.1 Å². The molecule has 0 saturated carbocycles. The highest BCUT2D eigenvalue weighted by Gasteiger charge is 2.20. The van der Waals surface area contributed by atoms with Crippen LogP contribution in [0.5, 0.6) is 0 Å². The van der Waals surface area contributed by atoms with Gasteiger partial charge in [0.25, 0.3) is 5.91 Å². The third-order valence-electron chi connectivity index (χ3n) is 3.85. The summed E-state index contributed by atoms with van der Waals surface area (Å²) in [6.45, 7) is 0.369. The first-order valence-electron chi connectivity index (χ1n) is 7.89. The van der Waals surface area contributed by atoms with Crippen molar-refractivity contribution in [3.05, 3.63) is 73.7 Å². The number of halogens is 4. The molecule has 3 heterocycles. The number of fused-ring (bicyclic) bond motifs is 1. The van der Waals surface area contributed by atoms with Crippen molar-refractivity contribution in [2.24, 2.45) is 0 Å². The van der Waals surface area contributed by atoms with E-state index in [2.05, 4.69) is 36.4 Å². The van der Waals surface area contributed by atoms with Gasteiger partial charge in [-0.3, -0.25) is 9.48 Å².